The van der Waals surface area contributed by atoms with E-state index in [1.807, 2.05) is 12.2 Å². The predicted molar refractivity (Wildman–Crippen MR) is 113 cm³/mol. The lowest BCUT2D eigenvalue weighted by Gasteiger charge is -2.11. The molecule has 0 aliphatic carbocycles. The first-order chi connectivity index (χ1) is 13.6. The second kappa shape index (κ2) is 19.8. The largest absolute Gasteiger partial charge is 0.457 e. The van der Waals surface area contributed by atoms with Crippen LogP contribution in [-0.2, 0) is 14.3 Å². The van der Waals surface area contributed by atoms with Gasteiger partial charge < -0.3 is 14.9 Å². The molecule has 0 saturated carbocycles. The number of aliphatic hydroxyl groups excluding tert-OH is 2. The lowest BCUT2D eigenvalue weighted by molar-refractivity contribution is -0.153. The molecule has 158 valence electrons. The smallest absolute Gasteiger partial charge is 0.306 e. The van der Waals surface area contributed by atoms with Crippen LogP contribution in [0.3, 0.4) is 0 Å². The second-order valence-electron chi connectivity index (χ2n) is 6.49. The standard InChI is InChI=1S/C23H36O5/c1-2-3-4-5-6-7-8-9-10-11-12-13-14-16-21(26)17-15-18-23(27)28-22(19-24)20-25/h6-7,9-10,12-14,16,22,24-25H,2-5,8,11,15,17-20H2,1H3/b7-6-,10-9-,13-12-,16-14+. The Balaban J connectivity index is 3.75. The summed E-state index contributed by atoms with van der Waals surface area (Å²) in [6.45, 7) is 1.38. The van der Waals surface area contributed by atoms with Crippen LogP contribution in [0, 0.1) is 0 Å². The van der Waals surface area contributed by atoms with Gasteiger partial charge in [0, 0.05) is 12.8 Å². The van der Waals surface area contributed by atoms with Crippen molar-refractivity contribution in [2.75, 3.05) is 13.2 Å². The number of carbonyl (C=O) groups excluding carboxylic acids is 2. The maximum absolute atomic E-state index is 11.7. The van der Waals surface area contributed by atoms with Crippen molar-refractivity contribution in [2.24, 2.45) is 0 Å². The van der Waals surface area contributed by atoms with E-state index >= 15 is 0 Å². The third-order valence-electron chi connectivity index (χ3n) is 3.89. The molecule has 2 N–H and O–H groups in total. The highest BCUT2D eigenvalue weighted by Crippen LogP contribution is 2.03. The molecule has 5 nitrogen and oxygen atoms in total. The normalized spacial score (nSPS) is 12.3. The number of aliphatic hydroxyl groups is 2. The zero-order valence-corrected chi connectivity index (χ0v) is 17.1. The van der Waals surface area contributed by atoms with Crippen LogP contribution in [0.4, 0.5) is 0 Å². The van der Waals surface area contributed by atoms with Crippen LogP contribution in [0.15, 0.2) is 48.6 Å². The second-order valence-corrected chi connectivity index (χ2v) is 6.49. The van der Waals surface area contributed by atoms with E-state index in [9.17, 15) is 9.59 Å². The Morgan fingerprint density at radius 3 is 2.21 bits per heavy atom. The molecule has 0 aromatic rings. The first kappa shape index (κ1) is 26.0. The molecular formula is C23H36O5. The maximum atomic E-state index is 11.7. The van der Waals surface area contributed by atoms with E-state index in [1.54, 1.807) is 6.08 Å². The van der Waals surface area contributed by atoms with Crippen molar-refractivity contribution < 1.29 is 24.5 Å². The van der Waals surface area contributed by atoms with Gasteiger partial charge in [-0.3, -0.25) is 9.59 Å². The van der Waals surface area contributed by atoms with Crippen LogP contribution >= 0.6 is 0 Å². The van der Waals surface area contributed by atoms with Crippen LogP contribution in [0.5, 0.6) is 0 Å². The van der Waals surface area contributed by atoms with Crippen molar-refractivity contribution in [1.82, 2.24) is 0 Å². The van der Waals surface area contributed by atoms with E-state index in [4.69, 9.17) is 14.9 Å². The third kappa shape index (κ3) is 17.4. The number of rotatable bonds is 17. The van der Waals surface area contributed by atoms with E-state index in [0.717, 1.165) is 19.3 Å². The van der Waals surface area contributed by atoms with Gasteiger partial charge in [0.15, 0.2) is 5.78 Å². The molecule has 0 rings (SSSR count). The van der Waals surface area contributed by atoms with Gasteiger partial charge in [0.2, 0.25) is 0 Å². The molecule has 0 spiro atoms. The van der Waals surface area contributed by atoms with Crippen LogP contribution in [0.25, 0.3) is 0 Å². The molecule has 0 aromatic heterocycles. The Morgan fingerprint density at radius 1 is 0.857 bits per heavy atom. The van der Waals surface area contributed by atoms with Gasteiger partial charge >= 0.3 is 5.97 Å². The molecule has 0 fully saturated rings. The molecular weight excluding hydrogens is 356 g/mol. The van der Waals surface area contributed by atoms with Crippen molar-refractivity contribution >= 4 is 11.8 Å². The highest BCUT2D eigenvalue weighted by molar-refractivity contribution is 5.90. The molecule has 0 bridgehead atoms. The van der Waals surface area contributed by atoms with Crippen molar-refractivity contribution in [3.8, 4) is 0 Å². The summed E-state index contributed by atoms with van der Waals surface area (Å²) < 4.78 is 4.82. The lowest BCUT2D eigenvalue weighted by Crippen LogP contribution is -2.25. The molecule has 28 heavy (non-hydrogen) atoms. The topological polar surface area (TPSA) is 83.8 Å². The van der Waals surface area contributed by atoms with Gasteiger partial charge in [0.1, 0.15) is 6.10 Å². The van der Waals surface area contributed by atoms with Gasteiger partial charge in [-0.15, -0.1) is 0 Å². The van der Waals surface area contributed by atoms with Gasteiger partial charge in [-0.2, -0.15) is 0 Å². The molecule has 0 aromatic carbocycles. The van der Waals surface area contributed by atoms with E-state index in [2.05, 4.69) is 31.2 Å². The lowest BCUT2D eigenvalue weighted by atomic mass is 10.1. The number of hydrogen-bond donors (Lipinski definition) is 2. The summed E-state index contributed by atoms with van der Waals surface area (Å²) in [4.78, 5) is 23.1. The molecule has 0 aliphatic heterocycles. The van der Waals surface area contributed by atoms with E-state index in [-0.39, 0.29) is 18.6 Å². The van der Waals surface area contributed by atoms with Crippen molar-refractivity contribution in [2.45, 2.75) is 70.8 Å². The Hall–Kier alpha value is -1.98. The summed E-state index contributed by atoms with van der Waals surface area (Å²) >= 11 is 0. The van der Waals surface area contributed by atoms with Crippen LogP contribution in [0.1, 0.15) is 64.7 Å². The van der Waals surface area contributed by atoms with Crippen LogP contribution in [0.2, 0.25) is 0 Å². The summed E-state index contributed by atoms with van der Waals surface area (Å²) in [5.74, 6) is -0.575. The van der Waals surface area contributed by atoms with Crippen LogP contribution < -0.4 is 0 Å². The fraction of sp³-hybridized carbons (Fsp3) is 0.565. The molecule has 0 unspecified atom stereocenters. The molecule has 0 aliphatic rings. The van der Waals surface area contributed by atoms with E-state index in [0.29, 0.717) is 6.42 Å². The average molecular weight is 393 g/mol. The zero-order chi connectivity index (χ0) is 20.9. The summed E-state index contributed by atoms with van der Waals surface area (Å²) in [7, 11) is 0. The number of carbonyl (C=O) groups is 2. The molecule has 0 heterocycles. The Kier molecular flexibility index (Phi) is 18.4. The molecule has 5 heteroatoms. The highest BCUT2D eigenvalue weighted by Gasteiger charge is 2.12. The van der Waals surface area contributed by atoms with Gasteiger partial charge in [-0.25, -0.2) is 0 Å². The van der Waals surface area contributed by atoms with Gasteiger partial charge in [0.25, 0.3) is 0 Å². The summed E-state index contributed by atoms with van der Waals surface area (Å²) in [5, 5.41) is 17.6. The first-order valence-corrected chi connectivity index (χ1v) is 10.2. The van der Waals surface area contributed by atoms with Gasteiger partial charge in [-0.05, 0) is 38.2 Å². The summed E-state index contributed by atoms with van der Waals surface area (Å²) in [6.07, 6.45) is 22.3. The number of hydrogen-bond acceptors (Lipinski definition) is 5. The van der Waals surface area contributed by atoms with Crippen molar-refractivity contribution in [3.05, 3.63) is 48.6 Å². The number of esters is 1. The molecule has 0 atom stereocenters. The minimum atomic E-state index is -0.885. The zero-order valence-electron chi connectivity index (χ0n) is 17.1. The fourth-order valence-corrected chi connectivity index (χ4v) is 2.26. The number of ketones is 1. The Morgan fingerprint density at radius 2 is 1.54 bits per heavy atom. The fourth-order valence-electron chi connectivity index (χ4n) is 2.26. The maximum Gasteiger partial charge on any atom is 0.306 e. The highest BCUT2D eigenvalue weighted by atomic mass is 16.6. The number of ether oxygens (including phenoxy) is 1. The third-order valence-corrected chi connectivity index (χ3v) is 3.89. The summed E-state index contributed by atoms with van der Waals surface area (Å²) in [5.41, 5.74) is 0. The van der Waals surface area contributed by atoms with E-state index in [1.165, 1.54) is 25.3 Å². The predicted octanol–water partition coefficient (Wildman–Crippen LogP) is 4.21. The molecule has 0 amide bonds. The average Bonchev–Trinajstić information content (AvgIpc) is 2.69. The SMILES string of the molecule is CCCCC/C=C\C/C=C\C/C=C\C=C\C(=O)CCCC(=O)OC(CO)CO. The molecule has 0 saturated heterocycles. The molecule has 0 radical (unpaired) electrons. The van der Waals surface area contributed by atoms with Crippen LogP contribution in [-0.4, -0.2) is 41.3 Å². The summed E-state index contributed by atoms with van der Waals surface area (Å²) in [6, 6.07) is 0. The first-order valence-electron chi connectivity index (χ1n) is 10.2. The minimum absolute atomic E-state index is 0.0536. The minimum Gasteiger partial charge on any atom is -0.457 e. The van der Waals surface area contributed by atoms with Crippen molar-refractivity contribution in [3.63, 3.8) is 0 Å². The monoisotopic (exact) mass is 392 g/mol. The Labute approximate surface area is 169 Å². The van der Waals surface area contributed by atoms with Crippen molar-refractivity contribution in [1.29, 1.82) is 0 Å². The Bertz CT molecular complexity index is 513. The number of allylic oxidation sites excluding steroid dienone is 8. The van der Waals surface area contributed by atoms with Gasteiger partial charge in [0.05, 0.1) is 13.2 Å². The quantitative estimate of drug-likeness (QED) is 0.127. The van der Waals surface area contributed by atoms with Gasteiger partial charge in [-0.1, -0.05) is 62.3 Å². The van der Waals surface area contributed by atoms with E-state index < -0.39 is 25.3 Å². The number of unbranched alkanes of at least 4 members (excludes halogenated alkanes) is 3.